The Hall–Kier alpha value is -2.97. The van der Waals surface area contributed by atoms with Crippen LogP contribution in [0.1, 0.15) is 24.2 Å². The number of aromatic nitrogens is 1. The minimum absolute atomic E-state index is 0.375. The van der Waals surface area contributed by atoms with Crippen LogP contribution in [0.5, 0.6) is 11.5 Å². The van der Waals surface area contributed by atoms with Crippen molar-refractivity contribution in [2.45, 2.75) is 13.0 Å². The van der Waals surface area contributed by atoms with Crippen LogP contribution >= 0.6 is 15.9 Å². The maximum Gasteiger partial charge on any atom is 0.273 e. The molecule has 0 aliphatic rings. The maximum absolute atomic E-state index is 12.8. The molecule has 1 aromatic heterocycles. The summed E-state index contributed by atoms with van der Waals surface area (Å²) in [4.78, 5) is 17.2. The van der Waals surface area contributed by atoms with Crippen LogP contribution in [0.15, 0.2) is 58.2 Å². The summed E-state index contributed by atoms with van der Waals surface area (Å²) in [5.41, 5.74) is 4.80. The third-order valence-corrected chi connectivity index (χ3v) is 5.17. The number of hydrazone groups is 1. The number of pyridine rings is 1. The minimum Gasteiger partial charge on any atom is -0.495 e. The number of fused-ring (bicyclic) bond motifs is 1. The Bertz CT molecular complexity index is 1040. The van der Waals surface area contributed by atoms with Crippen LogP contribution in [0.25, 0.3) is 10.9 Å². The molecule has 0 aliphatic carbocycles. The first kappa shape index (κ1) is 21.7. The van der Waals surface area contributed by atoms with Crippen molar-refractivity contribution in [1.82, 2.24) is 10.4 Å². The highest BCUT2D eigenvalue weighted by atomic mass is 79.9. The number of nitrogens with zero attached hydrogens (tertiary/aromatic N) is 2. The minimum atomic E-state index is -0.811. The molecule has 0 aliphatic heterocycles. The van der Waals surface area contributed by atoms with Crippen molar-refractivity contribution < 1.29 is 19.0 Å². The van der Waals surface area contributed by atoms with Gasteiger partial charge in [0.1, 0.15) is 16.0 Å². The van der Waals surface area contributed by atoms with Crippen molar-refractivity contribution >= 4 is 39.0 Å². The van der Waals surface area contributed by atoms with Gasteiger partial charge < -0.3 is 14.2 Å². The van der Waals surface area contributed by atoms with Gasteiger partial charge in [-0.05, 0) is 52.7 Å². The highest BCUT2D eigenvalue weighted by molar-refractivity contribution is 9.10. The van der Waals surface area contributed by atoms with Crippen LogP contribution in [0.4, 0.5) is 0 Å². The first-order valence-corrected chi connectivity index (χ1v) is 10.1. The molecule has 1 unspecified atom stereocenters. The molecule has 1 atom stereocenters. The van der Waals surface area contributed by atoms with Gasteiger partial charge in [0.15, 0.2) is 6.10 Å². The molecular weight excluding hydrogens is 450 g/mol. The number of nitrogens with one attached hydrogen (secondary N) is 1. The third-order valence-electron chi connectivity index (χ3n) is 4.39. The van der Waals surface area contributed by atoms with Gasteiger partial charge in [-0.15, -0.1) is 0 Å². The Morgan fingerprint density at radius 3 is 2.60 bits per heavy atom. The second-order valence-electron chi connectivity index (χ2n) is 6.23. The van der Waals surface area contributed by atoms with Crippen molar-refractivity contribution in [3.8, 4) is 11.5 Å². The zero-order valence-electron chi connectivity index (χ0n) is 16.9. The van der Waals surface area contributed by atoms with Crippen molar-refractivity contribution in [2.75, 3.05) is 20.8 Å². The first-order valence-electron chi connectivity index (χ1n) is 9.28. The number of carbonyl (C=O) groups is 1. The summed E-state index contributed by atoms with van der Waals surface area (Å²) in [6.45, 7) is 2.22. The molecule has 0 radical (unpaired) electrons. The van der Waals surface area contributed by atoms with Crippen LogP contribution in [-0.2, 0) is 9.53 Å². The molecule has 3 aromatic rings. The van der Waals surface area contributed by atoms with Crippen LogP contribution in [0, 0.1) is 0 Å². The third kappa shape index (κ3) is 4.77. The first-order chi connectivity index (χ1) is 14.6. The molecule has 1 N–H and O–H groups in total. The van der Waals surface area contributed by atoms with E-state index < -0.39 is 6.10 Å². The van der Waals surface area contributed by atoms with Crippen LogP contribution < -0.4 is 14.9 Å². The molecule has 1 heterocycles. The van der Waals surface area contributed by atoms with E-state index in [1.807, 2.05) is 37.3 Å². The Morgan fingerprint density at radius 2 is 1.93 bits per heavy atom. The van der Waals surface area contributed by atoms with E-state index in [9.17, 15) is 4.79 Å². The van der Waals surface area contributed by atoms with E-state index >= 15 is 0 Å². The number of amides is 1. The number of hydrogen-bond donors (Lipinski definition) is 1. The molecule has 0 spiro atoms. The molecule has 0 saturated heterocycles. The van der Waals surface area contributed by atoms with Gasteiger partial charge in [0.05, 0.1) is 26.0 Å². The zero-order valence-corrected chi connectivity index (χ0v) is 18.5. The summed E-state index contributed by atoms with van der Waals surface area (Å²) in [5, 5.41) is 4.95. The van der Waals surface area contributed by atoms with Gasteiger partial charge in [0.25, 0.3) is 5.91 Å². The Labute approximate surface area is 183 Å². The van der Waals surface area contributed by atoms with E-state index in [0.29, 0.717) is 28.1 Å². The van der Waals surface area contributed by atoms with Gasteiger partial charge in [-0.1, -0.05) is 18.2 Å². The van der Waals surface area contributed by atoms with Gasteiger partial charge >= 0.3 is 0 Å². The van der Waals surface area contributed by atoms with E-state index in [2.05, 4.69) is 31.4 Å². The molecule has 156 valence electrons. The largest absolute Gasteiger partial charge is 0.495 e. The molecule has 1 amide bonds. The summed E-state index contributed by atoms with van der Waals surface area (Å²) in [5.74, 6) is 0.815. The lowest BCUT2D eigenvalue weighted by Crippen LogP contribution is -2.27. The van der Waals surface area contributed by atoms with Gasteiger partial charge in [-0.3, -0.25) is 9.78 Å². The van der Waals surface area contributed by atoms with Gasteiger partial charge in [-0.25, -0.2) is 5.43 Å². The Balaban J connectivity index is 1.82. The fourth-order valence-corrected chi connectivity index (χ4v) is 3.58. The molecule has 0 bridgehead atoms. The van der Waals surface area contributed by atoms with Crippen molar-refractivity contribution in [3.05, 3.63) is 64.3 Å². The molecule has 3 rings (SSSR count). The topological polar surface area (TPSA) is 82.0 Å². The van der Waals surface area contributed by atoms with E-state index in [-0.39, 0.29) is 5.91 Å². The number of benzene rings is 2. The van der Waals surface area contributed by atoms with Crippen molar-refractivity contribution in [3.63, 3.8) is 0 Å². The van der Waals surface area contributed by atoms with E-state index in [4.69, 9.17) is 14.2 Å². The molecule has 0 saturated carbocycles. The van der Waals surface area contributed by atoms with Crippen LogP contribution in [0.2, 0.25) is 0 Å². The Morgan fingerprint density at radius 1 is 1.20 bits per heavy atom. The number of methoxy groups -OCH3 is 2. The smallest absolute Gasteiger partial charge is 0.273 e. The standard InChI is InChI=1S/C22H22BrN3O4/c1-4-30-21(16-7-5-9-17-15(16)8-6-10-24-17)22(27)26-25-13-14-11-18(28-2)20(23)19(12-14)29-3/h5-13,21H,4H2,1-3H3,(H,26,27)/b25-13+. The van der Waals surface area contributed by atoms with Crippen LogP contribution in [-0.4, -0.2) is 37.9 Å². The lowest BCUT2D eigenvalue weighted by atomic mass is 10.0. The number of ether oxygens (including phenoxy) is 3. The predicted octanol–water partition coefficient (Wildman–Crippen LogP) is 4.24. The summed E-state index contributed by atoms with van der Waals surface area (Å²) < 4.78 is 17.1. The lowest BCUT2D eigenvalue weighted by molar-refractivity contribution is -0.132. The second kappa shape index (κ2) is 10.2. The highest BCUT2D eigenvalue weighted by Crippen LogP contribution is 2.35. The zero-order chi connectivity index (χ0) is 21.5. The van der Waals surface area contributed by atoms with Crippen LogP contribution in [0.3, 0.4) is 0 Å². The molecule has 30 heavy (non-hydrogen) atoms. The second-order valence-corrected chi connectivity index (χ2v) is 7.02. The summed E-state index contributed by atoms with van der Waals surface area (Å²) >= 11 is 3.42. The van der Waals surface area contributed by atoms with E-state index in [0.717, 1.165) is 16.5 Å². The molecule has 0 fully saturated rings. The quantitative estimate of drug-likeness (QED) is 0.392. The SMILES string of the molecule is CCOC(C(=O)N/N=C/c1cc(OC)c(Br)c(OC)c1)c1cccc2ncccc12. The predicted molar refractivity (Wildman–Crippen MR) is 119 cm³/mol. The fraction of sp³-hybridized carbons (Fsp3) is 0.227. The number of carbonyl (C=O) groups excluding carboxylic acids is 1. The average molecular weight is 472 g/mol. The van der Waals surface area contributed by atoms with Crippen molar-refractivity contribution in [2.24, 2.45) is 5.10 Å². The molecule has 2 aromatic carbocycles. The number of rotatable bonds is 8. The number of halogens is 1. The van der Waals surface area contributed by atoms with Gasteiger partial charge in [-0.2, -0.15) is 5.10 Å². The summed E-state index contributed by atoms with van der Waals surface area (Å²) in [6.07, 6.45) is 2.42. The highest BCUT2D eigenvalue weighted by Gasteiger charge is 2.23. The molecular formula is C22H22BrN3O4. The normalized spacial score (nSPS) is 12.1. The van der Waals surface area contributed by atoms with Crippen molar-refractivity contribution in [1.29, 1.82) is 0 Å². The van der Waals surface area contributed by atoms with E-state index in [1.54, 1.807) is 32.5 Å². The van der Waals surface area contributed by atoms with E-state index in [1.165, 1.54) is 6.21 Å². The summed E-state index contributed by atoms with van der Waals surface area (Å²) in [7, 11) is 3.13. The fourth-order valence-electron chi connectivity index (χ4n) is 3.02. The summed E-state index contributed by atoms with van der Waals surface area (Å²) in [6, 6.07) is 12.9. The Kier molecular flexibility index (Phi) is 7.37. The lowest BCUT2D eigenvalue weighted by Gasteiger charge is -2.17. The number of hydrogen-bond acceptors (Lipinski definition) is 6. The maximum atomic E-state index is 12.8. The average Bonchev–Trinajstić information content (AvgIpc) is 2.78. The monoisotopic (exact) mass is 471 g/mol. The molecule has 7 nitrogen and oxygen atoms in total. The van der Waals surface area contributed by atoms with Gasteiger partial charge in [0.2, 0.25) is 0 Å². The van der Waals surface area contributed by atoms with Gasteiger partial charge in [0, 0.05) is 23.8 Å². The molecule has 8 heteroatoms.